The van der Waals surface area contributed by atoms with E-state index in [4.69, 9.17) is 4.74 Å². The molecule has 5 aromatic rings. The van der Waals surface area contributed by atoms with Crippen LogP contribution in [0.25, 0.3) is 33.0 Å². The highest BCUT2D eigenvalue weighted by atomic mass is 16.5. The molecule has 2 N–H and O–H groups in total. The third-order valence-electron chi connectivity index (χ3n) is 6.65. The number of hydrogen-bond acceptors (Lipinski definition) is 3. The first-order valence-electron chi connectivity index (χ1n) is 12.1. The molecule has 0 saturated heterocycles. The lowest BCUT2D eigenvalue weighted by Crippen LogP contribution is -2.22. The number of aromatic nitrogens is 2. The van der Waals surface area contributed by atoms with Crippen LogP contribution in [0.2, 0.25) is 0 Å². The molecule has 0 saturated carbocycles. The van der Waals surface area contributed by atoms with Crippen LogP contribution in [-0.2, 0) is 27.5 Å². The Kier molecular flexibility index (Phi) is 5.71. The van der Waals surface area contributed by atoms with E-state index in [2.05, 4.69) is 27.0 Å². The quantitative estimate of drug-likeness (QED) is 0.236. The maximum absolute atomic E-state index is 13.1. The minimum absolute atomic E-state index is 0.366. The molecular formula is C30H25N3O3. The van der Waals surface area contributed by atoms with Crippen LogP contribution < -0.4 is 5.32 Å². The first kappa shape index (κ1) is 22.1. The number of amides is 2. The Morgan fingerprint density at radius 2 is 1.44 bits per heavy atom. The lowest BCUT2D eigenvalue weighted by molar-refractivity contribution is -0.122. The lowest BCUT2D eigenvalue weighted by Gasteiger charge is -2.07. The number of fused-ring (bicyclic) bond motifs is 2. The molecule has 6 nitrogen and oxygen atoms in total. The predicted octanol–water partition coefficient (Wildman–Crippen LogP) is 5.30. The SMILES string of the molecule is O=C1NC(=O)C(c2cn(CCCOCc3ccccc3)c3ccccc23)=C1c1c[nH]c2ccccc12. The molecular weight excluding hydrogens is 450 g/mol. The monoisotopic (exact) mass is 475 g/mol. The molecule has 0 fully saturated rings. The van der Waals surface area contributed by atoms with Gasteiger partial charge in [0.15, 0.2) is 0 Å². The second-order valence-corrected chi connectivity index (χ2v) is 8.93. The Hall–Kier alpha value is -4.42. The van der Waals surface area contributed by atoms with E-state index in [0.29, 0.717) is 24.4 Å². The highest BCUT2D eigenvalue weighted by Crippen LogP contribution is 2.38. The van der Waals surface area contributed by atoms with Gasteiger partial charge in [0.1, 0.15) is 0 Å². The molecule has 1 aliphatic heterocycles. The minimum atomic E-state index is -0.370. The zero-order valence-electron chi connectivity index (χ0n) is 19.7. The molecule has 178 valence electrons. The summed E-state index contributed by atoms with van der Waals surface area (Å²) in [5.41, 5.74) is 5.42. The molecule has 6 heteroatoms. The highest BCUT2D eigenvalue weighted by Gasteiger charge is 2.34. The Bertz CT molecular complexity index is 1630. The fourth-order valence-electron chi connectivity index (χ4n) is 4.98. The molecule has 0 atom stereocenters. The zero-order chi connectivity index (χ0) is 24.5. The van der Waals surface area contributed by atoms with Crippen molar-refractivity contribution in [2.45, 2.75) is 19.6 Å². The maximum atomic E-state index is 13.1. The van der Waals surface area contributed by atoms with Crippen LogP contribution in [0.4, 0.5) is 0 Å². The van der Waals surface area contributed by atoms with Gasteiger partial charge in [-0.25, -0.2) is 0 Å². The highest BCUT2D eigenvalue weighted by molar-refractivity contribution is 6.50. The number of ether oxygens (including phenoxy) is 1. The van der Waals surface area contributed by atoms with E-state index >= 15 is 0 Å². The molecule has 3 aromatic carbocycles. The van der Waals surface area contributed by atoms with Gasteiger partial charge in [-0.2, -0.15) is 0 Å². The summed E-state index contributed by atoms with van der Waals surface area (Å²) in [5.74, 6) is -0.736. The standard InChI is InChI=1S/C30H25N3O3/c34-29-27(23-17-31-25-13-6-4-11-21(23)25)28(30(35)32-29)24-18-33(26-14-7-5-12-22(24)26)15-8-16-36-19-20-9-2-1-3-10-20/h1-7,9-14,17-18,31H,8,15-16,19H2,(H,32,34,35). The van der Waals surface area contributed by atoms with Gasteiger partial charge in [-0.3, -0.25) is 14.9 Å². The van der Waals surface area contributed by atoms with Gasteiger partial charge in [0.2, 0.25) is 0 Å². The molecule has 36 heavy (non-hydrogen) atoms. The number of rotatable bonds is 8. The lowest BCUT2D eigenvalue weighted by atomic mass is 9.95. The molecule has 0 radical (unpaired) electrons. The summed E-state index contributed by atoms with van der Waals surface area (Å²) in [6.45, 7) is 1.95. The second-order valence-electron chi connectivity index (χ2n) is 8.93. The van der Waals surface area contributed by atoms with E-state index < -0.39 is 0 Å². The van der Waals surface area contributed by atoms with Crippen LogP contribution in [0.3, 0.4) is 0 Å². The molecule has 0 unspecified atom stereocenters. The fraction of sp³-hybridized carbons (Fsp3) is 0.133. The number of carbonyl (C=O) groups excluding carboxylic acids is 2. The van der Waals surface area contributed by atoms with Gasteiger partial charge in [0.25, 0.3) is 11.8 Å². The van der Waals surface area contributed by atoms with E-state index in [9.17, 15) is 9.59 Å². The summed E-state index contributed by atoms with van der Waals surface area (Å²) in [6, 6.07) is 25.9. The normalized spacial score (nSPS) is 13.8. The van der Waals surface area contributed by atoms with Crippen LogP contribution in [-0.4, -0.2) is 28.0 Å². The van der Waals surface area contributed by atoms with Crippen molar-refractivity contribution >= 4 is 44.8 Å². The van der Waals surface area contributed by atoms with Gasteiger partial charge in [0, 0.05) is 58.5 Å². The maximum Gasteiger partial charge on any atom is 0.259 e. The largest absolute Gasteiger partial charge is 0.377 e. The number of nitrogens with zero attached hydrogens (tertiary/aromatic N) is 1. The number of hydrogen-bond donors (Lipinski definition) is 2. The molecule has 3 heterocycles. The Morgan fingerprint density at radius 1 is 0.750 bits per heavy atom. The summed E-state index contributed by atoms with van der Waals surface area (Å²) in [4.78, 5) is 29.3. The van der Waals surface area contributed by atoms with E-state index in [1.807, 2.05) is 72.9 Å². The van der Waals surface area contributed by atoms with Gasteiger partial charge in [-0.1, -0.05) is 66.7 Å². The third-order valence-corrected chi connectivity index (χ3v) is 6.65. The predicted molar refractivity (Wildman–Crippen MR) is 141 cm³/mol. The van der Waals surface area contributed by atoms with Crippen LogP contribution in [0.5, 0.6) is 0 Å². The number of H-pyrrole nitrogens is 1. The molecule has 1 aliphatic rings. The fourth-order valence-corrected chi connectivity index (χ4v) is 4.98. The molecule has 0 aliphatic carbocycles. The van der Waals surface area contributed by atoms with Crippen LogP contribution in [0, 0.1) is 0 Å². The van der Waals surface area contributed by atoms with Crippen molar-refractivity contribution in [3.63, 3.8) is 0 Å². The van der Waals surface area contributed by atoms with Crippen molar-refractivity contribution in [3.05, 3.63) is 108 Å². The van der Waals surface area contributed by atoms with Crippen molar-refractivity contribution in [2.24, 2.45) is 0 Å². The first-order chi connectivity index (χ1) is 17.7. The number of para-hydroxylation sites is 2. The van der Waals surface area contributed by atoms with Crippen LogP contribution in [0.1, 0.15) is 23.1 Å². The molecule has 2 amide bonds. The van der Waals surface area contributed by atoms with Crippen molar-refractivity contribution < 1.29 is 14.3 Å². The Labute approximate surface area is 208 Å². The zero-order valence-corrected chi connectivity index (χ0v) is 19.7. The number of aromatic amines is 1. The molecule has 0 spiro atoms. The summed E-state index contributed by atoms with van der Waals surface area (Å²) in [5, 5.41) is 4.38. The average Bonchev–Trinajstić information content (AvgIpc) is 3.57. The first-order valence-corrected chi connectivity index (χ1v) is 12.1. The minimum Gasteiger partial charge on any atom is -0.377 e. The third kappa shape index (κ3) is 3.91. The summed E-state index contributed by atoms with van der Waals surface area (Å²) < 4.78 is 8.01. The van der Waals surface area contributed by atoms with Crippen molar-refractivity contribution in [3.8, 4) is 0 Å². The van der Waals surface area contributed by atoms with Gasteiger partial charge in [-0.05, 0) is 24.1 Å². The number of benzene rings is 3. The van der Waals surface area contributed by atoms with Gasteiger partial charge in [0.05, 0.1) is 17.8 Å². The number of carbonyl (C=O) groups is 2. The number of imide groups is 1. The Morgan fingerprint density at radius 3 is 2.28 bits per heavy atom. The van der Waals surface area contributed by atoms with Gasteiger partial charge >= 0.3 is 0 Å². The van der Waals surface area contributed by atoms with Crippen LogP contribution in [0.15, 0.2) is 91.3 Å². The smallest absolute Gasteiger partial charge is 0.259 e. The molecule has 0 bridgehead atoms. The molecule has 6 rings (SSSR count). The topological polar surface area (TPSA) is 76.1 Å². The van der Waals surface area contributed by atoms with Crippen molar-refractivity contribution in [2.75, 3.05) is 6.61 Å². The van der Waals surface area contributed by atoms with E-state index in [-0.39, 0.29) is 11.8 Å². The Balaban J connectivity index is 1.33. The van der Waals surface area contributed by atoms with Crippen molar-refractivity contribution in [1.82, 2.24) is 14.9 Å². The van der Waals surface area contributed by atoms with Gasteiger partial charge in [-0.15, -0.1) is 0 Å². The second kappa shape index (κ2) is 9.32. The van der Waals surface area contributed by atoms with E-state index in [0.717, 1.165) is 51.5 Å². The van der Waals surface area contributed by atoms with E-state index in [1.54, 1.807) is 6.20 Å². The number of aryl methyl sites for hydroxylation is 1. The summed E-state index contributed by atoms with van der Waals surface area (Å²) in [6.07, 6.45) is 4.62. The average molecular weight is 476 g/mol. The molecule has 2 aromatic heterocycles. The number of nitrogens with one attached hydrogen (secondary N) is 2. The van der Waals surface area contributed by atoms with E-state index in [1.165, 1.54) is 0 Å². The summed E-state index contributed by atoms with van der Waals surface area (Å²) >= 11 is 0. The summed E-state index contributed by atoms with van der Waals surface area (Å²) in [7, 11) is 0. The van der Waals surface area contributed by atoms with Crippen molar-refractivity contribution in [1.29, 1.82) is 0 Å². The van der Waals surface area contributed by atoms with Gasteiger partial charge < -0.3 is 14.3 Å². The van der Waals surface area contributed by atoms with Crippen LogP contribution >= 0.6 is 0 Å².